The lowest BCUT2D eigenvalue weighted by atomic mass is 10.2. The van der Waals surface area contributed by atoms with E-state index in [1.807, 2.05) is 7.05 Å². The zero-order valence-electron chi connectivity index (χ0n) is 11.3. The maximum Gasteiger partial charge on any atom is 0.227 e. The summed E-state index contributed by atoms with van der Waals surface area (Å²) < 4.78 is 13.9. The van der Waals surface area contributed by atoms with Gasteiger partial charge in [0, 0.05) is 44.1 Å². The number of nitrogens with one attached hydrogen (secondary N) is 1. The largest absolute Gasteiger partial charge is 0.340 e. The fourth-order valence-corrected chi connectivity index (χ4v) is 2.41. The van der Waals surface area contributed by atoms with Crippen LogP contribution in [-0.2, 0) is 11.2 Å². The Hall–Kier alpha value is -2.02. The van der Waals surface area contributed by atoms with Gasteiger partial charge in [0.2, 0.25) is 5.91 Å². The van der Waals surface area contributed by atoms with E-state index in [0.29, 0.717) is 29.8 Å². The molecule has 0 unspecified atom stereocenters. The Morgan fingerprint density at radius 1 is 1.30 bits per heavy atom. The number of carbonyl (C=O) groups excluding carboxylic acids is 1. The van der Waals surface area contributed by atoms with E-state index in [9.17, 15) is 9.18 Å². The molecule has 0 radical (unpaired) electrons. The molecule has 1 amide bonds. The van der Waals surface area contributed by atoms with Gasteiger partial charge in [-0.2, -0.15) is 4.39 Å². The van der Waals surface area contributed by atoms with Crippen LogP contribution >= 0.6 is 0 Å². The molecule has 3 heterocycles. The number of carbonyl (C=O) groups is 1. The quantitative estimate of drug-likeness (QED) is 0.863. The number of rotatable bonds is 2. The van der Waals surface area contributed by atoms with Gasteiger partial charge in [-0.05, 0) is 7.05 Å². The summed E-state index contributed by atoms with van der Waals surface area (Å²) in [5.74, 6) is -0.586. The Morgan fingerprint density at radius 2 is 2.00 bits per heavy atom. The van der Waals surface area contributed by atoms with Gasteiger partial charge in [0.15, 0.2) is 11.6 Å². The third-order valence-corrected chi connectivity index (χ3v) is 3.66. The number of nitrogens with zero attached hydrogens (tertiary/aromatic N) is 4. The molecule has 106 valence electrons. The molecule has 0 bridgehead atoms. The lowest BCUT2D eigenvalue weighted by molar-refractivity contribution is -0.132. The van der Waals surface area contributed by atoms with E-state index >= 15 is 0 Å². The van der Waals surface area contributed by atoms with Crippen molar-refractivity contribution in [3.05, 3.63) is 23.9 Å². The predicted molar refractivity (Wildman–Crippen MR) is 71.6 cm³/mol. The minimum absolute atomic E-state index is 0.0221. The van der Waals surface area contributed by atoms with Crippen LogP contribution in [0.5, 0.6) is 0 Å². The van der Waals surface area contributed by atoms with Gasteiger partial charge in [0.1, 0.15) is 5.52 Å². The zero-order chi connectivity index (χ0) is 14.1. The lowest BCUT2D eigenvalue weighted by Gasteiger charge is -2.32. The van der Waals surface area contributed by atoms with E-state index in [2.05, 4.69) is 19.9 Å². The van der Waals surface area contributed by atoms with Crippen molar-refractivity contribution in [2.75, 3.05) is 33.2 Å². The fourth-order valence-electron chi connectivity index (χ4n) is 2.41. The van der Waals surface area contributed by atoms with E-state index in [1.54, 1.807) is 4.90 Å². The molecule has 1 N–H and O–H groups in total. The molecular weight excluding hydrogens is 261 g/mol. The highest BCUT2D eigenvalue weighted by Gasteiger charge is 2.22. The number of likely N-dealkylation sites (N-methyl/N-ethyl adjacent to an activating group) is 1. The number of halogens is 1. The van der Waals surface area contributed by atoms with Crippen LogP contribution in [0.2, 0.25) is 0 Å². The van der Waals surface area contributed by atoms with Crippen molar-refractivity contribution in [3.63, 3.8) is 0 Å². The van der Waals surface area contributed by atoms with Crippen LogP contribution in [0, 0.1) is 5.95 Å². The van der Waals surface area contributed by atoms with Gasteiger partial charge in [-0.15, -0.1) is 0 Å². The molecule has 0 aromatic carbocycles. The van der Waals surface area contributed by atoms with Gasteiger partial charge in [-0.1, -0.05) is 0 Å². The topological polar surface area (TPSA) is 65.1 Å². The average Bonchev–Trinajstić information content (AvgIpc) is 2.76. The standard InChI is InChI=1S/C13H16FN5O/c1-18-4-6-19(7-5-18)10(20)8-9-11-13(17-12(9)14)16-3-2-15-11/h2-3H,4-8H2,1H3,(H,16,17). The highest BCUT2D eigenvalue weighted by molar-refractivity contribution is 5.85. The predicted octanol–water partition coefficient (Wildman–Crippen LogP) is 0.413. The van der Waals surface area contributed by atoms with E-state index in [-0.39, 0.29) is 12.3 Å². The molecule has 0 saturated carbocycles. The van der Waals surface area contributed by atoms with Crippen molar-refractivity contribution < 1.29 is 9.18 Å². The Bertz CT molecular complexity index is 633. The normalized spacial score (nSPS) is 16.8. The maximum atomic E-state index is 13.9. The first-order valence-corrected chi connectivity index (χ1v) is 6.58. The van der Waals surface area contributed by atoms with Crippen LogP contribution in [0.15, 0.2) is 12.4 Å². The zero-order valence-corrected chi connectivity index (χ0v) is 11.3. The second kappa shape index (κ2) is 5.16. The summed E-state index contributed by atoms with van der Waals surface area (Å²) in [4.78, 5) is 26.8. The first-order chi connectivity index (χ1) is 9.65. The van der Waals surface area contributed by atoms with Gasteiger partial charge in [-0.25, -0.2) is 4.98 Å². The number of hydrogen-bond donors (Lipinski definition) is 1. The SMILES string of the molecule is CN1CCN(C(=O)Cc2c(F)[nH]c3nccnc23)CC1. The Balaban J connectivity index is 1.79. The third kappa shape index (κ3) is 2.36. The molecule has 20 heavy (non-hydrogen) atoms. The van der Waals surface area contributed by atoms with Gasteiger partial charge in [0.05, 0.1) is 6.42 Å². The molecular formula is C13H16FN5O. The van der Waals surface area contributed by atoms with E-state index in [0.717, 1.165) is 13.1 Å². The highest BCUT2D eigenvalue weighted by atomic mass is 19.1. The van der Waals surface area contributed by atoms with Crippen LogP contribution in [0.25, 0.3) is 11.2 Å². The number of H-pyrrole nitrogens is 1. The summed E-state index contributed by atoms with van der Waals surface area (Å²) in [6.45, 7) is 3.07. The second-order valence-electron chi connectivity index (χ2n) is 5.03. The number of amides is 1. The number of hydrogen-bond acceptors (Lipinski definition) is 4. The van der Waals surface area contributed by atoms with Crippen LogP contribution in [0.4, 0.5) is 4.39 Å². The van der Waals surface area contributed by atoms with Crippen LogP contribution in [-0.4, -0.2) is 63.9 Å². The first kappa shape index (κ1) is 13.0. The van der Waals surface area contributed by atoms with Crippen molar-refractivity contribution in [1.29, 1.82) is 0 Å². The highest BCUT2D eigenvalue weighted by Crippen LogP contribution is 2.18. The molecule has 1 aliphatic rings. The Labute approximate surface area is 115 Å². The van der Waals surface area contributed by atoms with Crippen LogP contribution in [0.1, 0.15) is 5.56 Å². The molecule has 6 nitrogen and oxygen atoms in total. The van der Waals surface area contributed by atoms with Gasteiger partial charge < -0.3 is 14.8 Å². The summed E-state index contributed by atoms with van der Waals surface area (Å²) in [5.41, 5.74) is 1.12. The molecule has 0 aliphatic carbocycles. The first-order valence-electron chi connectivity index (χ1n) is 6.58. The van der Waals surface area contributed by atoms with Gasteiger partial charge in [-0.3, -0.25) is 9.78 Å². The lowest BCUT2D eigenvalue weighted by Crippen LogP contribution is -2.47. The minimum Gasteiger partial charge on any atom is -0.340 e. The Morgan fingerprint density at radius 3 is 2.75 bits per heavy atom. The van der Waals surface area contributed by atoms with Crippen molar-refractivity contribution in [2.45, 2.75) is 6.42 Å². The number of aromatic amines is 1. The smallest absolute Gasteiger partial charge is 0.227 e. The monoisotopic (exact) mass is 277 g/mol. The number of fused-ring (bicyclic) bond motifs is 1. The summed E-state index contributed by atoms with van der Waals surface area (Å²) in [6.07, 6.45) is 3.01. The summed E-state index contributed by atoms with van der Waals surface area (Å²) in [6, 6.07) is 0. The van der Waals surface area contributed by atoms with Crippen LogP contribution in [0.3, 0.4) is 0 Å². The molecule has 2 aromatic rings. The molecule has 1 saturated heterocycles. The molecule has 1 fully saturated rings. The number of piperazine rings is 1. The summed E-state index contributed by atoms with van der Waals surface area (Å²) in [5, 5.41) is 0. The molecule has 2 aromatic heterocycles. The maximum absolute atomic E-state index is 13.9. The van der Waals surface area contributed by atoms with E-state index in [4.69, 9.17) is 0 Å². The average molecular weight is 277 g/mol. The Kier molecular flexibility index (Phi) is 3.35. The van der Waals surface area contributed by atoms with Gasteiger partial charge >= 0.3 is 0 Å². The molecule has 1 aliphatic heterocycles. The summed E-state index contributed by atoms with van der Waals surface area (Å²) >= 11 is 0. The second-order valence-corrected chi connectivity index (χ2v) is 5.03. The molecule has 0 spiro atoms. The van der Waals surface area contributed by atoms with Crippen molar-refractivity contribution in [2.24, 2.45) is 0 Å². The summed E-state index contributed by atoms with van der Waals surface area (Å²) in [7, 11) is 2.02. The third-order valence-electron chi connectivity index (χ3n) is 3.66. The van der Waals surface area contributed by atoms with Crippen molar-refractivity contribution in [3.8, 4) is 0 Å². The van der Waals surface area contributed by atoms with Crippen LogP contribution < -0.4 is 0 Å². The van der Waals surface area contributed by atoms with Gasteiger partial charge in [0.25, 0.3) is 0 Å². The van der Waals surface area contributed by atoms with Crippen molar-refractivity contribution >= 4 is 17.1 Å². The van der Waals surface area contributed by atoms with Crippen molar-refractivity contribution in [1.82, 2.24) is 24.8 Å². The minimum atomic E-state index is -0.520. The van der Waals surface area contributed by atoms with E-state index in [1.165, 1.54) is 12.4 Å². The fraction of sp³-hybridized carbons (Fsp3) is 0.462. The van der Waals surface area contributed by atoms with E-state index < -0.39 is 5.95 Å². The molecule has 7 heteroatoms. The molecule has 3 rings (SSSR count). The molecule has 0 atom stereocenters. The number of aromatic nitrogens is 3.